The van der Waals surface area contributed by atoms with Gasteiger partial charge in [-0.2, -0.15) is 0 Å². The molecule has 5 nitrogen and oxygen atoms in total. The molecule has 1 unspecified atom stereocenters. The fourth-order valence-corrected chi connectivity index (χ4v) is 1.05. The van der Waals surface area contributed by atoms with Crippen molar-refractivity contribution in [2.75, 3.05) is 6.54 Å². The molecule has 1 saturated heterocycles. The number of hydrogen-bond acceptors (Lipinski definition) is 3. The summed E-state index contributed by atoms with van der Waals surface area (Å²) in [4.78, 5) is 11.8. The molecule has 0 saturated carbocycles. The average molecular weight is 146 g/mol. The molecule has 0 aromatic carbocycles. The number of hydrogen-bond donors (Lipinski definition) is 3. The van der Waals surface area contributed by atoms with E-state index in [2.05, 4.69) is 0 Å². The highest BCUT2D eigenvalue weighted by Crippen LogP contribution is 2.13. The standard InChI is InChI=1S/C5H10N2O3/c8-4-2-1-3-7(4)5(9)6-10/h4,8,10H,1-3H2,(H,6,9). The number of carbonyl (C=O) groups excluding carboxylic acids is 1. The number of nitrogens with zero attached hydrogens (tertiary/aromatic N) is 1. The van der Waals surface area contributed by atoms with Gasteiger partial charge in [0.05, 0.1) is 0 Å². The summed E-state index contributed by atoms with van der Waals surface area (Å²) in [5, 5.41) is 17.2. The Hall–Kier alpha value is -0.810. The maximum atomic E-state index is 10.6. The fourth-order valence-electron chi connectivity index (χ4n) is 1.05. The molecule has 0 aromatic heterocycles. The first-order chi connectivity index (χ1) is 4.75. The van der Waals surface area contributed by atoms with Crippen LogP contribution in [0.2, 0.25) is 0 Å². The van der Waals surface area contributed by atoms with Crippen molar-refractivity contribution in [2.24, 2.45) is 0 Å². The maximum absolute atomic E-state index is 10.6. The Balaban J connectivity index is 2.46. The van der Waals surface area contributed by atoms with Gasteiger partial charge in [0.1, 0.15) is 6.23 Å². The molecule has 1 atom stereocenters. The number of aliphatic hydroxyl groups excluding tert-OH is 1. The number of hydroxylamine groups is 1. The first kappa shape index (κ1) is 7.30. The smallest absolute Gasteiger partial charge is 0.343 e. The van der Waals surface area contributed by atoms with Gasteiger partial charge in [0, 0.05) is 6.54 Å². The Kier molecular flexibility index (Phi) is 2.08. The summed E-state index contributed by atoms with van der Waals surface area (Å²) in [5.74, 6) is 0. The quantitative estimate of drug-likeness (QED) is 0.318. The summed E-state index contributed by atoms with van der Waals surface area (Å²) in [7, 11) is 0. The van der Waals surface area contributed by atoms with Gasteiger partial charge in [-0.15, -0.1) is 0 Å². The van der Waals surface area contributed by atoms with Gasteiger partial charge in [-0.3, -0.25) is 10.1 Å². The number of urea groups is 1. The van der Waals surface area contributed by atoms with Crippen molar-refractivity contribution in [1.82, 2.24) is 10.4 Å². The van der Waals surface area contributed by atoms with E-state index in [1.54, 1.807) is 0 Å². The first-order valence-electron chi connectivity index (χ1n) is 3.14. The van der Waals surface area contributed by atoms with Gasteiger partial charge in [0.25, 0.3) is 0 Å². The molecule has 2 amide bonds. The third kappa shape index (κ3) is 1.19. The van der Waals surface area contributed by atoms with Crippen molar-refractivity contribution < 1.29 is 15.1 Å². The van der Waals surface area contributed by atoms with Gasteiger partial charge < -0.3 is 5.11 Å². The number of carbonyl (C=O) groups is 1. The molecule has 1 rings (SSSR count). The highest BCUT2D eigenvalue weighted by atomic mass is 16.5. The van der Waals surface area contributed by atoms with Crippen molar-refractivity contribution in [1.29, 1.82) is 0 Å². The van der Waals surface area contributed by atoms with E-state index in [0.717, 1.165) is 6.42 Å². The van der Waals surface area contributed by atoms with Crippen LogP contribution in [0.5, 0.6) is 0 Å². The second-order valence-electron chi connectivity index (χ2n) is 2.23. The van der Waals surface area contributed by atoms with Crippen LogP contribution in [0.1, 0.15) is 12.8 Å². The Morgan fingerprint density at radius 2 is 2.40 bits per heavy atom. The molecule has 3 N–H and O–H groups in total. The SMILES string of the molecule is O=C(NO)N1CCCC1O. The predicted molar refractivity (Wildman–Crippen MR) is 32.3 cm³/mol. The number of aliphatic hydroxyl groups is 1. The summed E-state index contributed by atoms with van der Waals surface area (Å²) in [6.45, 7) is 0.507. The lowest BCUT2D eigenvalue weighted by Crippen LogP contribution is -2.41. The zero-order valence-corrected chi connectivity index (χ0v) is 5.45. The van der Waals surface area contributed by atoms with Crippen molar-refractivity contribution >= 4 is 6.03 Å². The highest BCUT2D eigenvalue weighted by Gasteiger charge is 2.25. The molecule has 0 spiro atoms. The second-order valence-corrected chi connectivity index (χ2v) is 2.23. The molecule has 58 valence electrons. The molecule has 1 aliphatic heterocycles. The van der Waals surface area contributed by atoms with E-state index < -0.39 is 12.3 Å². The van der Waals surface area contributed by atoms with E-state index in [9.17, 15) is 4.79 Å². The summed E-state index contributed by atoms with van der Waals surface area (Å²) >= 11 is 0. The van der Waals surface area contributed by atoms with Crippen LogP contribution in [0.4, 0.5) is 4.79 Å². The van der Waals surface area contributed by atoms with E-state index >= 15 is 0 Å². The number of nitrogens with one attached hydrogen (secondary N) is 1. The Bertz CT molecular complexity index is 139. The Labute approximate surface area is 58.2 Å². The van der Waals surface area contributed by atoms with E-state index in [1.165, 1.54) is 10.4 Å². The van der Waals surface area contributed by atoms with Gasteiger partial charge in [-0.05, 0) is 12.8 Å². The molecule has 1 fully saturated rings. The van der Waals surface area contributed by atoms with E-state index in [-0.39, 0.29) is 0 Å². The van der Waals surface area contributed by atoms with Crippen molar-refractivity contribution in [3.8, 4) is 0 Å². The van der Waals surface area contributed by atoms with E-state index in [4.69, 9.17) is 10.3 Å². The summed E-state index contributed by atoms with van der Waals surface area (Å²) in [5.41, 5.74) is 1.46. The lowest BCUT2D eigenvalue weighted by atomic mass is 10.4. The average Bonchev–Trinajstić information content (AvgIpc) is 2.34. The monoisotopic (exact) mass is 146 g/mol. The Morgan fingerprint density at radius 1 is 1.70 bits per heavy atom. The van der Waals surface area contributed by atoms with Crippen LogP contribution < -0.4 is 5.48 Å². The minimum atomic E-state index is -0.729. The molecule has 0 bridgehead atoms. The third-order valence-electron chi connectivity index (χ3n) is 1.58. The maximum Gasteiger partial charge on any atom is 0.343 e. The van der Waals surface area contributed by atoms with Crippen LogP contribution in [-0.2, 0) is 0 Å². The van der Waals surface area contributed by atoms with Crippen LogP contribution in [0.15, 0.2) is 0 Å². The molecule has 1 heterocycles. The minimum absolute atomic E-state index is 0.507. The molecule has 5 heteroatoms. The number of likely N-dealkylation sites (tertiary alicyclic amines) is 1. The molecule has 10 heavy (non-hydrogen) atoms. The van der Waals surface area contributed by atoms with Gasteiger partial charge in [-0.1, -0.05) is 0 Å². The first-order valence-corrected chi connectivity index (χ1v) is 3.14. The molecule has 0 radical (unpaired) electrons. The molecular weight excluding hydrogens is 136 g/mol. The highest BCUT2D eigenvalue weighted by molar-refractivity contribution is 5.73. The van der Waals surface area contributed by atoms with Crippen LogP contribution in [0.3, 0.4) is 0 Å². The number of rotatable bonds is 0. The topological polar surface area (TPSA) is 72.8 Å². The van der Waals surface area contributed by atoms with Gasteiger partial charge in [-0.25, -0.2) is 10.3 Å². The van der Waals surface area contributed by atoms with Gasteiger partial charge in [0.2, 0.25) is 0 Å². The largest absolute Gasteiger partial charge is 0.373 e. The summed E-state index contributed by atoms with van der Waals surface area (Å²) in [6.07, 6.45) is 0.648. The van der Waals surface area contributed by atoms with E-state index in [0.29, 0.717) is 13.0 Å². The molecule has 0 aliphatic carbocycles. The Morgan fingerprint density at radius 3 is 2.80 bits per heavy atom. The zero-order chi connectivity index (χ0) is 7.56. The lowest BCUT2D eigenvalue weighted by molar-refractivity contribution is 0.0440. The molecule has 0 aromatic rings. The third-order valence-corrected chi connectivity index (χ3v) is 1.58. The molecule has 1 aliphatic rings. The lowest BCUT2D eigenvalue weighted by Gasteiger charge is -2.18. The molecular formula is C5H10N2O3. The summed E-state index contributed by atoms with van der Waals surface area (Å²) in [6, 6.07) is -0.634. The van der Waals surface area contributed by atoms with Crippen molar-refractivity contribution in [3.63, 3.8) is 0 Å². The van der Waals surface area contributed by atoms with Crippen molar-refractivity contribution in [2.45, 2.75) is 19.1 Å². The van der Waals surface area contributed by atoms with Crippen LogP contribution in [0, 0.1) is 0 Å². The normalized spacial score (nSPS) is 25.0. The zero-order valence-electron chi connectivity index (χ0n) is 5.45. The van der Waals surface area contributed by atoms with Gasteiger partial charge >= 0.3 is 6.03 Å². The van der Waals surface area contributed by atoms with Crippen LogP contribution in [0.25, 0.3) is 0 Å². The predicted octanol–water partition coefficient (Wildman–Crippen LogP) is -0.501. The second kappa shape index (κ2) is 2.85. The van der Waals surface area contributed by atoms with Crippen LogP contribution in [-0.4, -0.2) is 34.0 Å². The summed E-state index contributed by atoms with van der Waals surface area (Å²) < 4.78 is 0. The van der Waals surface area contributed by atoms with Gasteiger partial charge in [0.15, 0.2) is 0 Å². The van der Waals surface area contributed by atoms with E-state index in [1.807, 2.05) is 0 Å². The minimum Gasteiger partial charge on any atom is -0.373 e. The van der Waals surface area contributed by atoms with Crippen molar-refractivity contribution in [3.05, 3.63) is 0 Å². The van der Waals surface area contributed by atoms with Crippen LogP contribution >= 0.6 is 0 Å². The number of amides is 2. The fraction of sp³-hybridized carbons (Fsp3) is 0.800.